The molecule has 31 heavy (non-hydrogen) atoms. The molecule has 1 heterocycles. The van der Waals surface area contributed by atoms with Crippen molar-refractivity contribution >= 4 is 58.1 Å². The fraction of sp³-hybridized carbons (Fsp3) is 0.0526. The lowest BCUT2D eigenvalue weighted by Crippen LogP contribution is -2.17. The smallest absolute Gasteiger partial charge is 0.417 e. The van der Waals surface area contributed by atoms with E-state index >= 15 is 0 Å². The third kappa shape index (κ3) is 5.87. The Morgan fingerprint density at radius 3 is 2.48 bits per heavy atom. The molecule has 0 aliphatic heterocycles. The van der Waals surface area contributed by atoms with Crippen LogP contribution in [0.15, 0.2) is 59.0 Å². The Bertz CT molecular complexity index is 1160. The lowest BCUT2D eigenvalue weighted by atomic mass is 10.2. The lowest BCUT2D eigenvalue weighted by Gasteiger charge is -2.12. The van der Waals surface area contributed by atoms with Gasteiger partial charge in [-0.2, -0.15) is 0 Å². The number of phenolic OH excluding ortho intramolecular Hbond substituents is 1. The van der Waals surface area contributed by atoms with Gasteiger partial charge in [0.1, 0.15) is 28.5 Å². The average molecular weight is 461 g/mol. The zero-order valence-corrected chi connectivity index (χ0v) is 17.3. The molecule has 1 aromatic heterocycles. The fourth-order valence-corrected chi connectivity index (χ4v) is 2.55. The van der Waals surface area contributed by atoms with Gasteiger partial charge in [0.2, 0.25) is 5.91 Å². The van der Waals surface area contributed by atoms with Gasteiger partial charge in [0.05, 0.1) is 11.4 Å². The van der Waals surface area contributed by atoms with Crippen molar-refractivity contribution < 1.29 is 19.4 Å². The number of aromatic nitrogens is 2. The van der Waals surface area contributed by atoms with E-state index in [0.29, 0.717) is 5.75 Å². The number of azo groups is 1. The quantitative estimate of drug-likeness (QED) is 0.262. The second-order valence-electron chi connectivity index (χ2n) is 5.90. The Morgan fingerprint density at radius 2 is 1.77 bits per heavy atom. The molecule has 2 aromatic carbocycles. The van der Waals surface area contributed by atoms with E-state index in [1.54, 1.807) is 30.3 Å². The summed E-state index contributed by atoms with van der Waals surface area (Å²) < 4.78 is 5.17. The molecule has 0 bridgehead atoms. The minimum atomic E-state index is -0.836. The van der Waals surface area contributed by atoms with Crippen LogP contribution in [0.1, 0.15) is 6.92 Å². The van der Waals surface area contributed by atoms with Gasteiger partial charge < -0.3 is 15.2 Å². The standard InChI is InChI=1S/C19H14Cl2N6O4/c1-10(28)24-14-7-13(26-27-18-16(20)17(21)22-9-23-18)12(8-15(14)29)25-19(30)31-11-5-3-2-4-6-11/h2-9,29H,1H3,(H,24,28)(H,25,30). The van der Waals surface area contributed by atoms with Gasteiger partial charge >= 0.3 is 6.09 Å². The Kier molecular flexibility index (Phi) is 6.96. The van der Waals surface area contributed by atoms with Crippen LogP contribution in [0.25, 0.3) is 0 Å². The summed E-state index contributed by atoms with van der Waals surface area (Å²) in [5, 5.41) is 23.0. The highest BCUT2D eigenvalue weighted by Gasteiger charge is 2.15. The summed E-state index contributed by atoms with van der Waals surface area (Å²) in [7, 11) is 0. The summed E-state index contributed by atoms with van der Waals surface area (Å²) in [5.74, 6) is -0.446. The number of rotatable bonds is 5. The molecule has 0 saturated heterocycles. The van der Waals surface area contributed by atoms with Crippen molar-refractivity contribution in [2.24, 2.45) is 10.2 Å². The van der Waals surface area contributed by atoms with Crippen molar-refractivity contribution in [1.82, 2.24) is 9.97 Å². The fourth-order valence-electron chi connectivity index (χ4n) is 2.29. The number of nitrogens with one attached hydrogen (secondary N) is 2. The maximum Gasteiger partial charge on any atom is 0.417 e. The molecule has 0 atom stereocenters. The number of amides is 2. The van der Waals surface area contributed by atoms with E-state index in [1.807, 2.05) is 0 Å². The zero-order valence-electron chi connectivity index (χ0n) is 15.8. The largest absolute Gasteiger partial charge is 0.506 e. The number of anilines is 2. The summed E-state index contributed by atoms with van der Waals surface area (Å²) in [4.78, 5) is 31.2. The molecule has 3 rings (SSSR count). The number of benzene rings is 2. The van der Waals surface area contributed by atoms with E-state index in [0.717, 1.165) is 6.33 Å². The monoisotopic (exact) mass is 460 g/mol. The number of carbonyl (C=O) groups is 2. The second-order valence-corrected chi connectivity index (χ2v) is 6.63. The first kappa shape index (κ1) is 21.9. The number of nitrogens with zero attached hydrogens (tertiary/aromatic N) is 4. The SMILES string of the molecule is CC(=O)Nc1cc(N=Nc2ncnc(Cl)c2Cl)c(NC(=O)Oc2ccccc2)cc1O. The summed E-state index contributed by atoms with van der Waals surface area (Å²) >= 11 is 11.8. The lowest BCUT2D eigenvalue weighted by molar-refractivity contribution is -0.114. The third-order valence-electron chi connectivity index (χ3n) is 3.60. The minimum absolute atomic E-state index is 0.0138. The third-order valence-corrected chi connectivity index (χ3v) is 4.33. The van der Waals surface area contributed by atoms with Crippen molar-refractivity contribution in [3.63, 3.8) is 0 Å². The first-order chi connectivity index (χ1) is 14.8. The van der Waals surface area contributed by atoms with Crippen LogP contribution in [-0.2, 0) is 4.79 Å². The number of halogens is 2. The molecule has 0 radical (unpaired) electrons. The number of hydrogen-bond acceptors (Lipinski definition) is 8. The molecule has 0 aliphatic carbocycles. The van der Waals surface area contributed by atoms with E-state index in [-0.39, 0.29) is 38.8 Å². The number of hydrogen-bond donors (Lipinski definition) is 3. The van der Waals surface area contributed by atoms with Gasteiger partial charge in [-0.25, -0.2) is 14.8 Å². The van der Waals surface area contributed by atoms with E-state index in [2.05, 4.69) is 30.8 Å². The molecule has 3 aromatic rings. The van der Waals surface area contributed by atoms with Gasteiger partial charge in [0, 0.05) is 13.0 Å². The highest BCUT2D eigenvalue weighted by atomic mass is 35.5. The summed E-state index contributed by atoms with van der Waals surface area (Å²) in [6.45, 7) is 1.27. The number of para-hydroxylation sites is 1. The predicted octanol–water partition coefficient (Wildman–Crippen LogP) is 5.47. The number of aromatic hydroxyl groups is 1. The van der Waals surface area contributed by atoms with E-state index in [1.165, 1.54) is 19.1 Å². The van der Waals surface area contributed by atoms with Gasteiger partial charge in [0.15, 0.2) is 11.0 Å². The molecular formula is C19H14Cl2N6O4. The number of carbonyl (C=O) groups excluding carboxylic acids is 2. The van der Waals surface area contributed by atoms with Gasteiger partial charge in [-0.3, -0.25) is 10.1 Å². The van der Waals surface area contributed by atoms with Gasteiger partial charge in [0.25, 0.3) is 0 Å². The van der Waals surface area contributed by atoms with E-state index < -0.39 is 12.0 Å². The van der Waals surface area contributed by atoms with Crippen LogP contribution in [0.3, 0.4) is 0 Å². The second kappa shape index (κ2) is 9.83. The van der Waals surface area contributed by atoms with Crippen LogP contribution in [0.4, 0.5) is 27.7 Å². The first-order valence-electron chi connectivity index (χ1n) is 8.59. The highest BCUT2D eigenvalue weighted by molar-refractivity contribution is 6.42. The van der Waals surface area contributed by atoms with Crippen LogP contribution < -0.4 is 15.4 Å². The molecule has 0 aliphatic rings. The maximum absolute atomic E-state index is 12.3. The summed E-state index contributed by atoms with van der Waals surface area (Å²) in [6.07, 6.45) is 0.316. The summed E-state index contributed by atoms with van der Waals surface area (Å²) in [6, 6.07) is 10.8. The van der Waals surface area contributed by atoms with Crippen molar-refractivity contribution in [3.8, 4) is 11.5 Å². The van der Waals surface area contributed by atoms with Crippen LogP contribution >= 0.6 is 23.2 Å². The van der Waals surface area contributed by atoms with Crippen LogP contribution in [-0.4, -0.2) is 27.1 Å². The first-order valence-corrected chi connectivity index (χ1v) is 9.35. The van der Waals surface area contributed by atoms with Crippen molar-refractivity contribution in [3.05, 3.63) is 59.0 Å². The molecule has 10 nitrogen and oxygen atoms in total. The molecule has 12 heteroatoms. The van der Waals surface area contributed by atoms with Crippen molar-refractivity contribution in [2.45, 2.75) is 6.92 Å². The van der Waals surface area contributed by atoms with Crippen molar-refractivity contribution in [2.75, 3.05) is 10.6 Å². The zero-order chi connectivity index (χ0) is 22.4. The van der Waals surface area contributed by atoms with Gasteiger partial charge in [-0.05, 0) is 18.2 Å². The Morgan fingerprint density at radius 1 is 1.03 bits per heavy atom. The number of ether oxygens (including phenoxy) is 1. The van der Waals surface area contributed by atoms with E-state index in [4.69, 9.17) is 27.9 Å². The van der Waals surface area contributed by atoms with Crippen LogP contribution in [0.2, 0.25) is 10.2 Å². The minimum Gasteiger partial charge on any atom is -0.506 e. The molecule has 0 fully saturated rings. The van der Waals surface area contributed by atoms with Crippen molar-refractivity contribution in [1.29, 1.82) is 0 Å². The molecular weight excluding hydrogens is 447 g/mol. The van der Waals surface area contributed by atoms with Crippen LogP contribution in [0, 0.1) is 0 Å². The topological polar surface area (TPSA) is 138 Å². The molecule has 158 valence electrons. The molecule has 0 saturated carbocycles. The Hall–Kier alpha value is -3.76. The van der Waals surface area contributed by atoms with Gasteiger partial charge in [-0.1, -0.05) is 41.4 Å². The average Bonchev–Trinajstić information content (AvgIpc) is 2.72. The molecule has 2 amide bonds. The Balaban J connectivity index is 1.94. The summed E-state index contributed by atoms with van der Waals surface area (Å²) in [5.41, 5.74) is 0.167. The van der Waals surface area contributed by atoms with Crippen LogP contribution in [0.5, 0.6) is 11.5 Å². The predicted molar refractivity (Wildman–Crippen MR) is 115 cm³/mol. The Labute approximate surface area is 185 Å². The normalized spacial score (nSPS) is 10.7. The van der Waals surface area contributed by atoms with Gasteiger partial charge in [-0.15, -0.1) is 10.2 Å². The highest BCUT2D eigenvalue weighted by Crippen LogP contribution is 2.38. The molecule has 3 N–H and O–H groups in total. The number of phenols is 1. The molecule has 0 unspecified atom stereocenters. The maximum atomic E-state index is 12.3. The van der Waals surface area contributed by atoms with E-state index in [9.17, 15) is 14.7 Å². The molecule has 0 spiro atoms.